The SMILES string of the molecule is CC(C)(C(=O)O)c1csc(Nc2ccc(Br)c(Cl)c2)n1. The van der Waals surface area contributed by atoms with Crippen molar-refractivity contribution in [2.45, 2.75) is 19.3 Å². The molecule has 4 nitrogen and oxygen atoms in total. The topological polar surface area (TPSA) is 62.2 Å². The third-order valence-corrected chi connectivity index (χ3v) is 4.84. The van der Waals surface area contributed by atoms with Gasteiger partial charge in [-0.3, -0.25) is 4.79 Å². The summed E-state index contributed by atoms with van der Waals surface area (Å²) >= 11 is 10.7. The summed E-state index contributed by atoms with van der Waals surface area (Å²) in [7, 11) is 0. The van der Waals surface area contributed by atoms with Gasteiger partial charge in [-0.1, -0.05) is 11.6 Å². The minimum absolute atomic E-state index is 0.528. The maximum atomic E-state index is 11.2. The van der Waals surface area contributed by atoms with Crippen molar-refractivity contribution in [3.05, 3.63) is 38.8 Å². The Hall–Kier alpha value is -1.11. The van der Waals surface area contributed by atoms with Gasteiger partial charge in [0, 0.05) is 15.5 Å². The summed E-state index contributed by atoms with van der Waals surface area (Å²) in [6, 6.07) is 5.47. The molecule has 0 aliphatic carbocycles. The number of carbonyl (C=O) groups is 1. The zero-order valence-electron chi connectivity index (χ0n) is 10.8. The lowest BCUT2D eigenvalue weighted by Crippen LogP contribution is -2.28. The fraction of sp³-hybridized carbons (Fsp3) is 0.231. The number of halogens is 2. The summed E-state index contributed by atoms with van der Waals surface area (Å²) in [5, 5.41) is 15.3. The highest BCUT2D eigenvalue weighted by atomic mass is 79.9. The van der Waals surface area contributed by atoms with Crippen molar-refractivity contribution in [3.8, 4) is 0 Å². The molecular weight excluding hydrogens is 364 g/mol. The van der Waals surface area contributed by atoms with Gasteiger partial charge in [0.1, 0.15) is 5.41 Å². The number of carboxylic acids is 1. The van der Waals surface area contributed by atoms with E-state index in [9.17, 15) is 9.90 Å². The number of hydrogen-bond donors (Lipinski definition) is 2. The van der Waals surface area contributed by atoms with Crippen LogP contribution >= 0.6 is 38.9 Å². The Balaban J connectivity index is 2.21. The van der Waals surface area contributed by atoms with Crippen molar-refractivity contribution in [2.75, 3.05) is 5.32 Å². The van der Waals surface area contributed by atoms with Crippen molar-refractivity contribution >= 4 is 55.7 Å². The largest absolute Gasteiger partial charge is 0.481 e. The van der Waals surface area contributed by atoms with Crippen LogP contribution in [0.1, 0.15) is 19.5 Å². The Kier molecular flexibility index (Phi) is 4.36. The van der Waals surface area contributed by atoms with Gasteiger partial charge in [0.15, 0.2) is 5.13 Å². The summed E-state index contributed by atoms with van der Waals surface area (Å²) in [6.07, 6.45) is 0. The van der Waals surface area contributed by atoms with Gasteiger partial charge in [0.05, 0.1) is 10.7 Å². The number of carboxylic acid groups (broad SMARTS) is 1. The number of aliphatic carboxylic acids is 1. The van der Waals surface area contributed by atoms with Crippen molar-refractivity contribution in [1.82, 2.24) is 4.98 Å². The Bertz CT molecular complexity index is 658. The highest BCUT2D eigenvalue weighted by Crippen LogP contribution is 2.31. The third-order valence-electron chi connectivity index (χ3n) is 2.85. The standard InChI is InChI=1S/C13H12BrClN2O2S/c1-13(2,11(18)19)10-6-20-12(17-10)16-7-3-4-8(14)9(15)5-7/h3-6H,1-2H3,(H,16,17)(H,18,19). The maximum Gasteiger partial charge on any atom is 0.315 e. The van der Waals surface area contributed by atoms with Gasteiger partial charge in [-0.25, -0.2) is 4.98 Å². The van der Waals surface area contributed by atoms with Gasteiger partial charge < -0.3 is 10.4 Å². The number of nitrogens with zero attached hydrogens (tertiary/aromatic N) is 1. The molecule has 0 fully saturated rings. The summed E-state index contributed by atoms with van der Waals surface area (Å²) < 4.78 is 0.816. The molecule has 0 radical (unpaired) electrons. The second kappa shape index (κ2) is 5.71. The zero-order valence-corrected chi connectivity index (χ0v) is 13.9. The molecule has 0 bridgehead atoms. The van der Waals surface area contributed by atoms with E-state index in [1.165, 1.54) is 11.3 Å². The zero-order chi connectivity index (χ0) is 14.9. The number of nitrogens with one attached hydrogen (secondary N) is 1. The molecule has 2 N–H and O–H groups in total. The second-order valence-electron chi connectivity index (χ2n) is 4.72. The molecule has 0 atom stereocenters. The fourth-order valence-electron chi connectivity index (χ4n) is 1.43. The lowest BCUT2D eigenvalue weighted by Gasteiger charge is -2.15. The molecule has 0 aliphatic rings. The molecule has 0 saturated heterocycles. The van der Waals surface area contributed by atoms with Crippen molar-refractivity contribution in [1.29, 1.82) is 0 Å². The first-order chi connectivity index (χ1) is 9.30. The van der Waals surface area contributed by atoms with Crippen molar-refractivity contribution in [3.63, 3.8) is 0 Å². The van der Waals surface area contributed by atoms with Crippen LogP contribution in [0.5, 0.6) is 0 Å². The van der Waals surface area contributed by atoms with Gasteiger partial charge in [0.25, 0.3) is 0 Å². The first kappa shape index (κ1) is 15.3. The van der Waals surface area contributed by atoms with Gasteiger partial charge in [-0.2, -0.15) is 0 Å². The summed E-state index contributed by atoms with van der Waals surface area (Å²) in [5.41, 5.74) is 0.321. The van der Waals surface area contributed by atoms with E-state index in [4.69, 9.17) is 11.6 Å². The van der Waals surface area contributed by atoms with E-state index in [1.807, 2.05) is 12.1 Å². The Morgan fingerprint density at radius 2 is 2.20 bits per heavy atom. The Morgan fingerprint density at radius 1 is 1.50 bits per heavy atom. The Labute approximate surface area is 133 Å². The molecule has 2 rings (SSSR count). The predicted octanol–water partition coefficient (Wildman–Crippen LogP) is 4.66. The summed E-state index contributed by atoms with van der Waals surface area (Å²) in [5.74, 6) is -0.902. The molecule has 7 heteroatoms. The minimum atomic E-state index is -1.01. The second-order valence-corrected chi connectivity index (χ2v) is 6.84. The normalized spacial score (nSPS) is 11.4. The molecule has 0 spiro atoms. The average molecular weight is 376 g/mol. The highest BCUT2D eigenvalue weighted by Gasteiger charge is 2.32. The van der Waals surface area contributed by atoms with E-state index in [0.717, 1.165) is 10.2 Å². The summed E-state index contributed by atoms with van der Waals surface area (Å²) in [4.78, 5) is 15.5. The van der Waals surface area contributed by atoms with Crippen LogP contribution in [0.3, 0.4) is 0 Å². The number of anilines is 2. The quantitative estimate of drug-likeness (QED) is 0.815. The van der Waals surface area contributed by atoms with E-state index >= 15 is 0 Å². The Morgan fingerprint density at radius 3 is 2.80 bits per heavy atom. The molecular formula is C13H12BrClN2O2S. The highest BCUT2D eigenvalue weighted by molar-refractivity contribution is 9.10. The van der Waals surface area contributed by atoms with Gasteiger partial charge in [-0.15, -0.1) is 11.3 Å². The molecule has 0 unspecified atom stereocenters. The molecule has 2 aromatic rings. The first-order valence-corrected chi connectivity index (χ1v) is 7.77. The number of benzene rings is 1. The van der Waals surface area contributed by atoms with E-state index < -0.39 is 11.4 Å². The molecule has 1 aromatic carbocycles. The van der Waals surface area contributed by atoms with Crippen LogP contribution in [0.4, 0.5) is 10.8 Å². The molecule has 0 aliphatic heterocycles. The molecule has 1 aromatic heterocycles. The average Bonchev–Trinajstić information content (AvgIpc) is 2.83. The van der Waals surface area contributed by atoms with Crippen LogP contribution in [0, 0.1) is 0 Å². The van der Waals surface area contributed by atoms with Crippen LogP contribution in [-0.2, 0) is 10.2 Å². The predicted molar refractivity (Wildman–Crippen MR) is 85.2 cm³/mol. The maximum absolute atomic E-state index is 11.2. The van der Waals surface area contributed by atoms with Crippen molar-refractivity contribution in [2.24, 2.45) is 0 Å². The van der Waals surface area contributed by atoms with Crippen LogP contribution in [-0.4, -0.2) is 16.1 Å². The van der Waals surface area contributed by atoms with Crippen LogP contribution in [0.25, 0.3) is 0 Å². The molecule has 0 saturated carbocycles. The lowest BCUT2D eigenvalue weighted by molar-refractivity contribution is -0.142. The number of hydrogen-bond acceptors (Lipinski definition) is 4. The van der Waals surface area contributed by atoms with E-state index in [0.29, 0.717) is 15.8 Å². The van der Waals surface area contributed by atoms with Gasteiger partial charge in [0.2, 0.25) is 0 Å². The lowest BCUT2D eigenvalue weighted by atomic mass is 9.90. The van der Waals surface area contributed by atoms with Gasteiger partial charge in [-0.05, 0) is 48.0 Å². The smallest absolute Gasteiger partial charge is 0.315 e. The van der Waals surface area contributed by atoms with Gasteiger partial charge >= 0.3 is 5.97 Å². The van der Waals surface area contributed by atoms with Crippen LogP contribution in [0.15, 0.2) is 28.1 Å². The van der Waals surface area contributed by atoms with E-state index in [1.54, 1.807) is 25.3 Å². The third kappa shape index (κ3) is 3.13. The molecule has 1 heterocycles. The summed E-state index contributed by atoms with van der Waals surface area (Å²) in [6.45, 7) is 3.26. The van der Waals surface area contributed by atoms with Crippen LogP contribution in [0.2, 0.25) is 5.02 Å². The molecule has 0 amide bonds. The first-order valence-electron chi connectivity index (χ1n) is 5.72. The molecule has 20 heavy (non-hydrogen) atoms. The number of rotatable bonds is 4. The fourth-order valence-corrected chi connectivity index (χ4v) is 2.75. The van der Waals surface area contributed by atoms with E-state index in [-0.39, 0.29) is 0 Å². The number of thiazole rings is 1. The van der Waals surface area contributed by atoms with E-state index in [2.05, 4.69) is 26.2 Å². The monoisotopic (exact) mass is 374 g/mol. The van der Waals surface area contributed by atoms with Crippen molar-refractivity contribution < 1.29 is 9.90 Å². The number of aromatic nitrogens is 1. The molecule has 106 valence electrons. The van der Waals surface area contributed by atoms with Crippen LogP contribution < -0.4 is 5.32 Å². The minimum Gasteiger partial charge on any atom is -0.481 e.